The van der Waals surface area contributed by atoms with Crippen LogP contribution in [0.2, 0.25) is 0 Å². The van der Waals surface area contributed by atoms with Gasteiger partial charge in [0.2, 0.25) is 0 Å². The van der Waals surface area contributed by atoms with E-state index in [9.17, 15) is 9.59 Å². The smallest absolute Gasteiger partial charge is 0.411 e. The number of allylic oxidation sites excluding steroid dienone is 1. The molecule has 2 fully saturated rings. The lowest BCUT2D eigenvalue weighted by molar-refractivity contribution is -0.140. The van der Waals surface area contributed by atoms with Gasteiger partial charge >= 0.3 is 12.1 Å². The van der Waals surface area contributed by atoms with Crippen LogP contribution in [0.25, 0.3) is 0 Å². The van der Waals surface area contributed by atoms with E-state index in [-0.39, 0.29) is 36.3 Å². The summed E-state index contributed by atoms with van der Waals surface area (Å²) in [5, 5.41) is 2.71. The van der Waals surface area contributed by atoms with Crippen LogP contribution in [0.4, 0.5) is 10.5 Å². The molecule has 3 aliphatic rings. The molecule has 0 radical (unpaired) electrons. The van der Waals surface area contributed by atoms with Crippen molar-refractivity contribution in [2.24, 2.45) is 5.92 Å². The second-order valence-electron chi connectivity index (χ2n) is 7.86. The molecule has 0 aromatic heterocycles. The molecular weight excluding hydrogens is 358 g/mol. The number of epoxide rings is 1. The van der Waals surface area contributed by atoms with Crippen LogP contribution in [0.1, 0.15) is 32.6 Å². The van der Waals surface area contributed by atoms with Gasteiger partial charge in [-0.05, 0) is 50.3 Å². The summed E-state index contributed by atoms with van der Waals surface area (Å²) in [5.41, 5.74) is 1.98. The van der Waals surface area contributed by atoms with Gasteiger partial charge in [0.15, 0.2) is 0 Å². The number of carbonyl (C=O) groups excluding carboxylic acids is 2. The van der Waals surface area contributed by atoms with E-state index < -0.39 is 6.09 Å². The summed E-state index contributed by atoms with van der Waals surface area (Å²) in [4.78, 5) is 24.1. The maximum absolute atomic E-state index is 12.1. The summed E-state index contributed by atoms with van der Waals surface area (Å²) in [6, 6.07) is 9.19. The summed E-state index contributed by atoms with van der Waals surface area (Å²) >= 11 is 0. The lowest BCUT2D eigenvalue weighted by Crippen LogP contribution is -2.29. The van der Waals surface area contributed by atoms with Crippen molar-refractivity contribution < 1.29 is 23.8 Å². The Kier molecular flexibility index (Phi) is 4.98. The number of esters is 1. The van der Waals surface area contributed by atoms with Gasteiger partial charge in [0.25, 0.3) is 0 Å². The predicted octanol–water partition coefficient (Wildman–Crippen LogP) is 3.99. The van der Waals surface area contributed by atoms with E-state index in [0.717, 1.165) is 31.3 Å². The van der Waals surface area contributed by atoms with E-state index in [1.165, 1.54) is 0 Å². The van der Waals surface area contributed by atoms with Gasteiger partial charge in [-0.3, -0.25) is 5.32 Å². The molecule has 0 spiro atoms. The number of rotatable bonds is 3. The number of para-hydroxylation sites is 1. The molecular formula is C22H25NO5. The largest absolute Gasteiger partial charge is 0.455 e. The number of fused-ring (bicyclic) bond motifs is 3. The fourth-order valence-corrected chi connectivity index (χ4v) is 4.08. The monoisotopic (exact) mass is 383 g/mol. The number of benzene rings is 1. The number of nitrogens with one attached hydrogen (secondary N) is 1. The summed E-state index contributed by atoms with van der Waals surface area (Å²) < 4.78 is 16.9. The Bertz CT molecular complexity index is 817. The zero-order chi connectivity index (χ0) is 19.7. The second-order valence-corrected chi connectivity index (χ2v) is 7.86. The number of hydrogen-bond acceptors (Lipinski definition) is 5. The van der Waals surface area contributed by atoms with Crippen LogP contribution >= 0.6 is 0 Å². The van der Waals surface area contributed by atoms with Crippen LogP contribution < -0.4 is 5.32 Å². The first-order valence-electron chi connectivity index (χ1n) is 9.70. The average molecular weight is 383 g/mol. The molecule has 2 saturated heterocycles. The zero-order valence-electron chi connectivity index (χ0n) is 16.0. The minimum Gasteiger partial charge on any atom is -0.455 e. The van der Waals surface area contributed by atoms with E-state index >= 15 is 0 Å². The van der Waals surface area contributed by atoms with Gasteiger partial charge < -0.3 is 14.2 Å². The highest BCUT2D eigenvalue weighted by Gasteiger charge is 2.61. The van der Waals surface area contributed by atoms with E-state index in [2.05, 4.69) is 24.9 Å². The third-order valence-corrected chi connectivity index (χ3v) is 5.85. The number of anilines is 1. The lowest BCUT2D eigenvalue weighted by atomic mass is 9.84. The van der Waals surface area contributed by atoms with Crippen molar-refractivity contribution in [1.29, 1.82) is 0 Å². The first-order chi connectivity index (χ1) is 13.5. The Morgan fingerprint density at radius 2 is 2.14 bits per heavy atom. The number of carbonyl (C=O) groups is 2. The minimum absolute atomic E-state index is 0.0523. The van der Waals surface area contributed by atoms with Gasteiger partial charge in [-0.2, -0.15) is 0 Å². The van der Waals surface area contributed by atoms with E-state index in [1.54, 1.807) is 12.1 Å². The molecule has 0 unspecified atom stereocenters. The standard InChI is InChI=1S/C22H25NO5/c1-14-17-11-10-15(13-26-21(25)23-16-8-4-3-5-9-16)7-6-12-22(2)19(28-22)18(17)27-20(14)24/h3-5,7-9,17-19H,1,6,10-13H2,2H3,(H,23,25)/t17-,18-,19+,22+/m0/s1. The van der Waals surface area contributed by atoms with E-state index in [4.69, 9.17) is 14.2 Å². The van der Waals surface area contributed by atoms with Crippen molar-refractivity contribution in [3.63, 3.8) is 0 Å². The number of amides is 1. The molecule has 1 aromatic carbocycles. The SMILES string of the molecule is C=C1C(=O)O[C@@H]2[C@H]3O[C@]3(C)CCC=C(COC(=O)Nc3ccccc3)CC[C@@H]12. The van der Waals surface area contributed by atoms with Gasteiger partial charge in [-0.1, -0.05) is 30.9 Å². The Labute approximate surface area is 164 Å². The summed E-state index contributed by atoms with van der Waals surface area (Å²) in [6.45, 7) is 6.20. The van der Waals surface area contributed by atoms with Crippen LogP contribution in [-0.4, -0.2) is 36.5 Å². The van der Waals surface area contributed by atoms with Crippen LogP contribution in [0.3, 0.4) is 0 Å². The summed E-state index contributed by atoms with van der Waals surface area (Å²) in [6.07, 6.45) is 4.45. The molecule has 6 nitrogen and oxygen atoms in total. The van der Waals surface area contributed by atoms with Crippen LogP contribution in [-0.2, 0) is 19.0 Å². The van der Waals surface area contributed by atoms with Crippen molar-refractivity contribution >= 4 is 17.7 Å². The van der Waals surface area contributed by atoms with Crippen molar-refractivity contribution in [3.8, 4) is 0 Å². The lowest BCUT2D eigenvalue weighted by Gasteiger charge is -2.20. The van der Waals surface area contributed by atoms with Gasteiger partial charge in [-0.15, -0.1) is 0 Å². The summed E-state index contributed by atoms with van der Waals surface area (Å²) in [7, 11) is 0. The molecule has 4 rings (SSSR count). The molecule has 2 aliphatic heterocycles. The maximum atomic E-state index is 12.1. The molecule has 2 heterocycles. The van der Waals surface area contributed by atoms with Gasteiger partial charge in [-0.25, -0.2) is 9.59 Å². The molecule has 1 amide bonds. The first-order valence-corrected chi connectivity index (χ1v) is 9.70. The third-order valence-electron chi connectivity index (χ3n) is 5.85. The second kappa shape index (κ2) is 7.43. The van der Waals surface area contributed by atoms with Crippen molar-refractivity contribution in [1.82, 2.24) is 0 Å². The normalized spacial score (nSPS) is 31.8. The van der Waals surface area contributed by atoms with Gasteiger partial charge in [0.1, 0.15) is 18.8 Å². The molecule has 6 heteroatoms. The van der Waals surface area contributed by atoms with Crippen LogP contribution in [0, 0.1) is 5.92 Å². The van der Waals surface area contributed by atoms with Crippen molar-refractivity contribution in [3.05, 3.63) is 54.1 Å². The molecule has 148 valence electrons. The number of ether oxygens (including phenoxy) is 3. The first kappa shape index (κ1) is 18.7. The quantitative estimate of drug-likeness (QED) is 0.370. The molecule has 28 heavy (non-hydrogen) atoms. The molecule has 4 atom stereocenters. The maximum Gasteiger partial charge on any atom is 0.411 e. The topological polar surface area (TPSA) is 77.2 Å². The van der Waals surface area contributed by atoms with Crippen LogP contribution in [0.5, 0.6) is 0 Å². The van der Waals surface area contributed by atoms with E-state index in [0.29, 0.717) is 11.3 Å². The molecule has 1 aliphatic carbocycles. The Balaban J connectivity index is 1.39. The third kappa shape index (κ3) is 3.83. The fourth-order valence-electron chi connectivity index (χ4n) is 4.08. The fraction of sp³-hybridized carbons (Fsp3) is 0.455. The number of hydrogen-bond donors (Lipinski definition) is 1. The van der Waals surface area contributed by atoms with Gasteiger partial charge in [0, 0.05) is 17.2 Å². The molecule has 0 bridgehead atoms. The van der Waals surface area contributed by atoms with Crippen molar-refractivity contribution in [2.45, 2.75) is 50.4 Å². The van der Waals surface area contributed by atoms with Crippen LogP contribution in [0.15, 0.2) is 54.1 Å². The molecule has 0 saturated carbocycles. The Hall–Kier alpha value is -2.60. The van der Waals surface area contributed by atoms with Gasteiger partial charge in [0.05, 0.1) is 5.60 Å². The Morgan fingerprint density at radius 1 is 1.36 bits per heavy atom. The highest BCUT2D eigenvalue weighted by molar-refractivity contribution is 5.91. The zero-order valence-corrected chi connectivity index (χ0v) is 16.0. The summed E-state index contributed by atoms with van der Waals surface area (Å²) in [5.74, 6) is -0.380. The highest BCUT2D eigenvalue weighted by atomic mass is 16.6. The minimum atomic E-state index is -0.483. The highest BCUT2D eigenvalue weighted by Crippen LogP contribution is 2.49. The Morgan fingerprint density at radius 3 is 2.93 bits per heavy atom. The van der Waals surface area contributed by atoms with Crippen molar-refractivity contribution in [2.75, 3.05) is 11.9 Å². The molecule has 1 N–H and O–H groups in total. The predicted molar refractivity (Wildman–Crippen MR) is 104 cm³/mol. The van der Waals surface area contributed by atoms with E-state index in [1.807, 2.05) is 18.2 Å². The molecule has 1 aromatic rings. The average Bonchev–Trinajstić information content (AvgIpc) is 3.27.